The van der Waals surface area contributed by atoms with Gasteiger partial charge in [-0.25, -0.2) is 0 Å². The van der Waals surface area contributed by atoms with Crippen molar-refractivity contribution in [1.82, 2.24) is 25.5 Å². The van der Waals surface area contributed by atoms with Gasteiger partial charge in [0.1, 0.15) is 5.82 Å². The molecular weight excluding hydrogens is 270 g/mol. The van der Waals surface area contributed by atoms with Crippen molar-refractivity contribution in [3.05, 3.63) is 6.20 Å². The van der Waals surface area contributed by atoms with Crippen LogP contribution >= 0.6 is 0 Å². The summed E-state index contributed by atoms with van der Waals surface area (Å²) in [6.45, 7) is 5.76. The standard InChI is InChI=1S/C13H21N7O/c1-4-6-15-13-17-11-9(7-16-19-11)12(18-13)20(5-2)8-10(21)14-3/h7H,4-6,8H2,1-3H3,(H,14,21)(H2,15,16,17,18,19). The quantitative estimate of drug-likeness (QED) is 0.696. The van der Waals surface area contributed by atoms with E-state index >= 15 is 0 Å². The van der Waals surface area contributed by atoms with E-state index in [9.17, 15) is 4.79 Å². The average molecular weight is 291 g/mol. The first-order valence-corrected chi connectivity index (χ1v) is 7.10. The second-order valence-electron chi connectivity index (χ2n) is 4.62. The van der Waals surface area contributed by atoms with E-state index in [0.29, 0.717) is 24.0 Å². The number of hydrogen-bond donors (Lipinski definition) is 3. The summed E-state index contributed by atoms with van der Waals surface area (Å²) < 4.78 is 0. The highest BCUT2D eigenvalue weighted by atomic mass is 16.1. The van der Waals surface area contributed by atoms with Gasteiger partial charge >= 0.3 is 0 Å². The Balaban J connectivity index is 2.38. The molecule has 0 aliphatic rings. The second kappa shape index (κ2) is 6.87. The highest BCUT2D eigenvalue weighted by Crippen LogP contribution is 2.23. The summed E-state index contributed by atoms with van der Waals surface area (Å²) in [4.78, 5) is 22.5. The number of carbonyl (C=O) groups excluding carboxylic acids is 1. The number of hydrogen-bond acceptors (Lipinski definition) is 6. The third-order valence-electron chi connectivity index (χ3n) is 3.12. The Hall–Kier alpha value is -2.38. The van der Waals surface area contributed by atoms with Gasteiger partial charge in [-0.05, 0) is 13.3 Å². The summed E-state index contributed by atoms with van der Waals surface area (Å²) in [6, 6.07) is 0. The van der Waals surface area contributed by atoms with E-state index in [1.807, 2.05) is 11.8 Å². The van der Waals surface area contributed by atoms with Crippen LogP contribution in [0.15, 0.2) is 6.20 Å². The van der Waals surface area contributed by atoms with E-state index in [2.05, 4.69) is 37.7 Å². The number of aromatic amines is 1. The molecule has 0 aliphatic carbocycles. The fourth-order valence-electron chi connectivity index (χ4n) is 1.97. The molecule has 114 valence electrons. The van der Waals surface area contributed by atoms with Gasteiger partial charge in [-0.3, -0.25) is 9.89 Å². The van der Waals surface area contributed by atoms with E-state index < -0.39 is 0 Å². The molecule has 0 atom stereocenters. The minimum atomic E-state index is -0.0600. The molecule has 8 heteroatoms. The van der Waals surface area contributed by atoms with Gasteiger partial charge in [0.15, 0.2) is 5.65 Å². The third-order valence-corrected chi connectivity index (χ3v) is 3.12. The van der Waals surface area contributed by atoms with Gasteiger partial charge in [-0.2, -0.15) is 15.1 Å². The van der Waals surface area contributed by atoms with E-state index in [0.717, 1.165) is 18.4 Å². The van der Waals surface area contributed by atoms with Gasteiger partial charge in [-0.15, -0.1) is 0 Å². The van der Waals surface area contributed by atoms with Crippen LogP contribution in [-0.2, 0) is 4.79 Å². The lowest BCUT2D eigenvalue weighted by Gasteiger charge is -2.22. The molecule has 2 rings (SSSR count). The number of likely N-dealkylation sites (N-methyl/N-ethyl adjacent to an activating group) is 2. The number of carbonyl (C=O) groups is 1. The maximum atomic E-state index is 11.7. The molecule has 0 spiro atoms. The molecule has 0 bridgehead atoms. The Bertz CT molecular complexity index is 610. The summed E-state index contributed by atoms with van der Waals surface area (Å²) in [7, 11) is 1.62. The lowest BCUT2D eigenvalue weighted by molar-refractivity contribution is -0.119. The van der Waals surface area contributed by atoms with Crippen molar-refractivity contribution in [1.29, 1.82) is 0 Å². The molecule has 2 aromatic rings. The van der Waals surface area contributed by atoms with Crippen molar-refractivity contribution < 1.29 is 4.79 Å². The van der Waals surface area contributed by atoms with Gasteiger partial charge in [-0.1, -0.05) is 6.92 Å². The molecule has 0 unspecified atom stereocenters. The van der Waals surface area contributed by atoms with Crippen LogP contribution in [0.2, 0.25) is 0 Å². The Kier molecular flexibility index (Phi) is 4.91. The van der Waals surface area contributed by atoms with Gasteiger partial charge in [0, 0.05) is 20.1 Å². The maximum Gasteiger partial charge on any atom is 0.239 e. The molecule has 2 aromatic heterocycles. The van der Waals surface area contributed by atoms with Crippen molar-refractivity contribution in [2.75, 3.05) is 36.9 Å². The largest absolute Gasteiger partial charge is 0.358 e. The van der Waals surface area contributed by atoms with Crippen LogP contribution in [0.3, 0.4) is 0 Å². The van der Waals surface area contributed by atoms with Crippen LogP contribution in [0.4, 0.5) is 11.8 Å². The van der Waals surface area contributed by atoms with Crippen molar-refractivity contribution in [2.24, 2.45) is 0 Å². The van der Waals surface area contributed by atoms with Crippen molar-refractivity contribution in [2.45, 2.75) is 20.3 Å². The zero-order valence-electron chi connectivity index (χ0n) is 12.6. The lowest BCUT2D eigenvalue weighted by atomic mass is 10.3. The molecular formula is C13H21N7O. The first kappa shape index (κ1) is 15.0. The number of H-pyrrole nitrogens is 1. The summed E-state index contributed by atoms with van der Waals surface area (Å²) in [6.07, 6.45) is 2.66. The maximum absolute atomic E-state index is 11.7. The lowest BCUT2D eigenvalue weighted by Crippen LogP contribution is -2.36. The van der Waals surface area contributed by atoms with Crippen LogP contribution in [0.25, 0.3) is 11.0 Å². The Morgan fingerprint density at radius 2 is 2.19 bits per heavy atom. The molecule has 3 N–H and O–H groups in total. The molecule has 8 nitrogen and oxygen atoms in total. The predicted molar refractivity (Wildman–Crippen MR) is 82.4 cm³/mol. The van der Waals surface area contributed by atoms with Crippen LogP contribution in [-0.4, -0.2) is 52.8 Å². The molecule has 0 aromatic carbocycles. The van der Waals surface area contributed by atoms with Crippen molar-refractivity contribution >= 4 is 28.7 Å². The number of nitrogens with zero attached hydrogens (tertiary/aromatic N) is 4. The number of rotatable bonds is 7. The highest BCUT2D eigenvalue weighted by molar-refractivity contribution is 5.90. The van der Waals surface area contributed by atoms with Crippen LogP contribution in [0.5, 0.6) is 0 Å². The summed E-state index contributed by atoms with van der Waals surface area (Å²) in [5.74, 6) is 1.19. The van der Waals surface area contributed by atoms with E-state index in [1.54, 1.807) is 13.2 Å². The first-order valence-electron chi connectivity index (χ1n) is 7.10. The first-order chi connectivity index (χ1) is 10.2. The van der Waals surface area contributed by atoms with Gasteiger partial charge in [0.05, 0.1) is 18.1 Å². The fourth-order valence-corrected chi connectivity index (χ4v) is 1.97. The zero-order valence-corrected chi connectivity index (χ0v) is 12.6. The van der Waals surface area contributed by atoms with E-state index in [1.165, 1.54) is 0 Å². The average Bonchev–Trinajstić information content (AvgIpc) is 2.97. The van der Waals surface area contributed by atoms with Crippen molar-refractivity contribution in [3.63, 3.8) is 0 Å². The van der Waals surface area contributed by atoms with Gasteiger partial charge < -0.3 is 15.5 Å². The topological polar surface area (TPSA) is 98.8 Å². The number of amides is 1. The van der Waals surface area contributed by atoms with Crippen LogP contribution < -0.4 is 15.5 Å². The summed E-state index contributed by atoms with van der Waals surface area (Å²) in [5.41, 5.74) is 0.661. The molecule has 1 amide bonds. The van der Waals surface area contributed by atoms with Gasteiger partial charge in [0.2, 0.25) is 11.9 Å². The number of aromatic nitrogens is 4. The molecule has 0 fully saturated rings. The molecule has 0 saturated carbocycles. The molecule has 0 radical (unpaired) electrons. The number of nitrogens with one attached hydrogen (secondary N) is 3. The Labute approximate surface area is 123 Å². The normalized spacial score (nSPS) is 10.6. The minimum absolute atomic E-state index is 0.0600. The molecule has 21 heavy (non-hydrogen) atoms. The number of anilines is 2. The zero-order chi connectivity index (χ0) is 15.2. The van der Waals surface area contributed by atoms with E-state index in [-0.39, 0.29) is 12.5 Å². The predicted octanol–water partition coefficient (Wildman–Crippen LogP) is 0.747. The summed E-state index contributed by atoms with van der Waals surface area (Å²) >= 11 is 0. The van der Waals surface area contributed by atoms with Crippen molar-refractivity contribution in [3.8, 4) is 0 Å². The number of fused-ring (bicyclic) bond motifs is 1. The highest BCUT2D eigenvalue weighted by Gasteiger charge is 2.16. The summed E-state index contributed by atoms with van der Waals surface area (Å²) in [5, 5.41) is 13.5. The van der Waals surface area contributed by atoms with Gasteiger partial charge in [0.25, 0.3) is 0 Å². The Morgan fingerprint density at radius 3 is 2.86 bits per heavy atom. The van der Waals surface area contributed by atoms with E-state index in [4.69, 9.17) is 0 Å². The Morgan fingerprint density at radius 1 is 1.38 bits per heavy atom. The fraction of sp³-hybridized carbons (Fsp3) is 0.538. The molecule has 0 saturated heterocycles. The van der Waals surface area contributed by atoms with Crippen LogP contribution in [0, 0.1) is 0 Å². The SMILES string of the molecule is CCCNc1nc(N(CC)CC(=O)NC)c2cn[nH]c2n1. The molecule has 2 heterocycles. The second-order valence-corrected chi connectivity index (χ2v) is 4.62. The van der Waals surface area contributed by atoms with Crippen LogP contribution in [0.1, 0.15) is 20.3 Å². The smallest absolute Gasteiger partial charge is 0.239 e. The third kappa shape index (κ3) is 3.39. The monoisotopic (exact) mass is 291 g/mol. The minimum Gasteiger partial charge on any atom is -0.358 e. The molecule has 0 aliphatic heterocycles.